The fourth-order valence-electron chi connectivity index (χ4n) is 3.78. The van der Waals surface area contributed by atoms with Crippen molar-refractivity contribution in [3.63, 3.8) is 0 Å². The van der Waals surface area contributed by atoms with Crippen LogP contribution in [0.4, 0.5) is 0 Å². The van der Waals surface area contributed by atoms with Gasteiger partial charge in [-0.25, -0.2) is 0 Å². The lowest BCUT2D eigenvalue weighted by molar-refractivity contribution is 0.122. The molecule has 212 valence electrons. The van der Waals surface area contributed by atoms with E-state index < -0.39 is 14.7 Å². The van der Waals surface area contributed by atoms with Gasteiger partial charge in [-0.05, 0) is 58.4 Å². The van der Waals surface area contributed by atoms with Gasteiger partial charge in [0.05, 0.1) is 0 Å². The zero-order chi connectivity index (χ0) is 29.1. The summed E-state index contributed by atoms with van der Waals surface area (Å²) in [6.45, 7) is 25.6. The molecule has 1 N–H and O–H groups in total. The van der Waals surface area contributed by atoms with Gasteiger partial charge in [0.15, 0.2) is 21.5 Å². The average Bonchev–Trinajstić information content (AvgIpc) is 2.71. The number of hydrogen-bond donors (Lipinski definition) is 1. The number of para-hydroxylation sites is 1. The Morgan fingerprint density at radius 1 is 0.676 bits per heavy atom. The first-order chi connectivity index (χ1) is 16.8. The van der Waals surface area contributed by atoms with Crippen molar-refractivity contribution in [2.75, 3.05) is 33.5 Å². The summed E-state index contributed by atoms with van der Waals surface area (Å²) in [5.41, 5.74) is 6.79. The topological polar surface area (TPSA) is 72.8 Å². The molecular weight excluding hydrogens is 502 g/mol. The van der Waals surface area contributed by atoms with E-state index >= 15 is 0 Å². The molecule has 37 heavy (non-hydrogen) atoms. The van der Waals surface area contributed by atoms with E-state index in [9.17, 15) is 9.13 Å². The zero-order valence-corrected chi connectivity index (χ0v) is 27.2. The first kappa shape index (κ1) is 35.6. The molecule has 0 spiro atoms. The molecule has 0 saturated carbocycles. The van der Waals surface area contributed by atoms with Crippen molar-refractivity contribution in [3.8, 4) is 5.75 Å². The summed E-state index contributed by atoms with van der Waals surface area (Å²) < 4.78 is 32.3. The highest BCUT2D eigenvalue weighted by molar-refractivity contribution is 7.57. The fourth-order valence-corrected chi connectivity index (χ4v) is 4.09. The zero-order valence-electron chi connectivity index (χ0n) is 25.5. The van der Waals surface area contributed by atoms with Crippen LogP contribution < -0.4 is 4.74 Å². The smallest absolute Gasteiger partial charge is 0.200 e. The quantitative estimate of drug-likeness (QED) is 0.260. The normalized spacial score (nSPS) is 11.8. The third-order valence-corrected chi connectivity index (χ3v) is 6.28. The van der Waals surface area contributed by atoms with Crippen LogP contribution in [-0.4, -0.2) is 38.3 Å². The molecule has 0 fully saturated rings. The van der Waals surface area contributed by atoms with Crippen LogP contribution in [0.25, 0.3) is 0 Å². The molecule has 0 atom stereocenters. The van der Waals surface area contributed by atoms with Crippen LogP contribution in [0.2, 0.25) is 0 Å². The minimum Gasteiger partial charge on any atom is -0.467 e. The lowest BCUT2D eigenvalue weighted by Gasteiger charge is -2.20. The summed E-state index contributed by atoms with van der Waals surface area (Å²) >= 11 is 0. The van der Waals surface area contributed by atoms with E-state index in [1.54, 1.807) is 13.3 Å². The summed E-state index contributed by atoms with van der Waals surface area (Å²) in [5.74, 6) is 2.91. The third kappa shape index (κ3) is 15.0. The summed E-state index contributed by atoms with van der Waals surface area (Å²) in [4.78, 5) is 8.08. The molecule has 7 heteroatoms. The molecule has 0 aliphatic carbocycles. The maximum Gasteiger partial charge on any atom is 0.200 e. The van der Waals surface area contributed by atoms with Gasteiger partial charge in [-0.1, -0.05) is 91.8 Å². The van der Waals surface area contributed by atoms with Crippen molar-refractivity contribution >= 4 is 14.7 Å². The van der Waals surface area contributed by atoms with Crippen LogP contribution in [0.3, 0.4) is 0 Å². The van der Waals surface area contributed by atoms with Gasteiger partial charge in [-0.15, -0.1) is 0 Å². The Balaban J connectivity index is 0.000000620. The summed E-state index contributed by atoms with van der Waals surface area (Å²) in [7, 11) is -5.14. The van der Waals surface area contributed by atoms with E-state index in [0.717, 1.165) is 16.9 Å². The van der Waals surface area contributed by atoms with Gasteiger partial charge in [-0.2, -0.15) is 0 Å². The Kier molecular flexibility index (Phi) is 15.3. The summed E-state index contributed by atoms with van der Waals surface area (Å²) in [6, 6.07) is 12.9. The van der Waals surface area contributed by atoms with Crippen LogP contribution in [0.5, 0.6) is 5.75 Å². The van der Waals surface area contributed by atoms with Gasteiger partial charge >= 0.3 is 0 Å². The van der Waals surface area contributed by atoms with Crippen LogP contribution in [-0.2, 0) is 13.7 Å². The Hall–Kier alpha value is -1.38. The molecule has 0 bridgehead atoms. The molecule has 0 saturated heterocycles. The van der Waals surface area contributed by atoms with Crippen LogP contribution in [0.15, 0.2) is 36.4 Å². The lowest BCUT2D eigenvalue weighted by Crippen LogP contribution is -2.07. The van der Waals surface area contributed by atoms with E-state index in [4.69, 9.17) is 14.2 Å². The standard InChI is InChI=1S/C15H25O3P.C13H20.C2H7O2P/c1-11(2)13-8-7-9-14(12(3)4)15(13)17-10-18-19(5,6)16;1-9(2)12-7-6-8-13(10(3)4)11(12)5;1-5(2,3)4/h7-9,11-12H,10H2,1-6H3;6-10H,1-5H3;1-2H3,(H,3,4). The average molecular weight is 555 g/mol. The number of hydrogen-bond acceptors (Lipinski definition) is 4. The largest absolute Gasteiger partial charge is 0.467 e. The van der Waals surface area contributed by atoms with Crippen molar-refractivity contribution in [2.45, 2.75) is 86.0 Å². The molecule has 2 aromatic rings. The maximum absolute atomic E-state index is 11.5. The van der Waals surface area contributed by atoms with Crippen molar-refractivity contribution in [2.24, 2.45) is 0 Å². The van der Waals surface area contributed by atoms with Gasteiger partial charge in [0.25, 0.3) is 0 Å². The molecule has 2 aromatic carbocycles. The summed E-state index contributed by atoms with van der Waals surface area (Å²) in [5, 5.41) is 0. The SMILES string of the molecule is CC(C)c1cccc(C(C)C)c1OCOP(C)(C)=O.CP(C)(=O)O.Cc1c(C(C)C)cccc1C(C)C. The molecule has 0 aromatic heterocycles. The molecule has 0 unspecified atom stereocenters. The molecule has 0 amide bonds. The number of ether oxygens (including phenoxy) is 1. The fraction of sp³-hybridized carbons (Fsp3) is 0.600. The monoisotopic (exact) mass is 554 g/mol. The highest BCUT2D eigenvalue weighted by Gasteiger charge is 2.16. The van der Waals surface area contributed by atoms with Gasteiger partial charge in [0, 0.05) is 26.7 Å². The second-order valence-electron chi connectivity index (χ2n) is 11.4. The van der Waals surface area contributed by atoms with Gasteiger partial charge in [-0.3, -0.25) is 13.7 Å². The van der Waals surface area contributed by atoms with Crippen molar-refractivity contribution in [3.05, 3.63) is 64.2 Å². The van der Waals surface area contributed by atoms with Crippen LogP contribution >= 0.6 is 14.7 Å². The Morgan fingerprint density at radius 2 is 0.973 bits per heavy atom. The number of benzene rings is 2. The Labute approximate surface area is 227 Å². The van der Waals surface area contributed by atoms with Gasteiger partial charge < -0.3 is 9.63 Å². The molecule has 0 aliphatic heterocycles. The highest BCUT2D eigenvalue weighted by Crippen LogP contribution is 2.39. The molecule has 0 radical (unpaired) electrons. The van der Waals surface area contributed by atoms with E-state index in [1.165, 1.54) is 30.0 Å². The highest BCUT2D eigenvalue weighted by atomic mass is 31.2. The molecule has 5 nitrogen and oxygen atoms in total. The summed E-state index contributed by atoms with van der Waals surface area (Å²) in [6.07, 6.45) is 0. The number of rotatable bonds is 8. The third-order valence-electron chi connectivity index (χ3n) is 5.55. The Morgan fingerprint density at radius 3 is 1.24 bits per heavy atom. The van der Waals surface area contributed by atoms with Crippen molar-refractivity contribution < 1.29 is 23.3 Å². The van der Waals surface area contributed by atoms with E-state index in [-0.39, 0.29) is 6.79 Å². The van der Waals surface area contributed by atoms with E-state index in [0.29, 0.717) is 23.7 Å². The minimum atomic E-state index is -2.64. The second kappa shape index (κ2) is 15.9. The molecular formula is C30H52O5P2. The van der Waals surface area contributed by atoms with E-state index in [1.807, 2.05) is 0 Å². The minimum absolute atomic E-state index is 0.0354. The van der Waals surface area contributed by atoms with Gasteiger partial charge in [0.2, 0.25) is 0 Å². The van der Waals surface area contributed by atoms with E-state index in [2.05, 4.69) is 98.7 Å². The van der Waals surface area contributed by atoms with Crippen molar-refractivity contribution in [1.29, 1.82) is 0 Å². The molecule has 0 heterocycles. The first-order valence-electron chi connectivity index (χ1n) is 13.1. The Bertz CT molecular complexity index is 985. The molecule has 0 aliphatic rings. The predicted molar refractivity (Wildman–Crippen MR) is 162 cm³/mol. The van der Waals surface area contributed by atoms with Crippen LogP contribution in [0.1, 0.15) is 107 Å². The molecule has 2 rings (SSSR count). The lowest BCUT2D eigenvalue weighted by atomic mass is 9.90. The predicted octanol–water partition coefficient (Wildman–Crippen LogP) is 9.58. The van der Waals surface area contributed by atoms with Crippen molar-refractivity contribution in [1.82, 2.24) is 0 Å². The van der Waals surface area contributed by atoms with Gasteiger partial charge in [0.1, 0.15) is 5.75 Å². The first-order valence-corrected chi connectivity index (χ1v) is 18.2. The maximum atomic E-state index is 11.5. The van der Waals surface area contributed by atoms with Crippen LogP contribution in [0, 0.1) is 6.92 Å². The second-order valence-corrected chi connectivity index (χ2v) is 16.7.